The molecule has 118 valence electrons. The maximum Gasteiger partial charge on any atom is 0.0488 e. The van der Waals surface area contributed by atoms with Gasteiger partial charge in [-0.25, -0.2) is 0 Å². The Balaban J connectivity index is 2.24. The maximum absolute atomic E-state index is 6.07. The molecule has 1 aliphatic rings. The first-order valence-electron chi connectivity index (χ1n) is 8.04. The Morgan fingerprint density at radius 2 is 1.86 bits per heavy atom. The standard InChI is InChI=1S/C18H28ClNO/c1-14(13-21-3)12-17(20-2)18(10-4-5-11-18)15-6-8-16(19)9-7-15/h6-9,14,17,20H,4-5,10-13H2,1-3H3/t14-,17?/m1/s1. The highest BCUT2D eigenvalue weighted by molar-refractivity contribution is 6.30. The Bertz CT molecular complexity index is 425. The van der Waals surface area contributed by atoms with E-state index in [1.54, 1.807) is 7.11 Å². The van der Waals surface area contributed by atoms with Crippen LogP contribution in [-0.4, -0.2) is 26.8 Å². The van der Waals surface area contributed by atoms with E-state index in [4.69, 9.17) is 16.3 Å². The molecule has 1 aromatic carbocycles. The lowest BCUT2D eigenvalue weighted by atomic mass is 9.70. The molecule has 3 heteroatoms. The number of likely N-dealkylation sites (N-methyl/N-ethyl adjacent to an activating group) is 1. The van der Waals surface area contributed by atoms with Gasteiger partial charge in [0, 0.05) is 30.2 Å². The summed E-state index contributed by atoms with van der Waals surface area (Å²) in [5.74, 6) is 0.567. The molecule has 0 spiro atoms. The van der Waals surface area contributed by atoms with Crippen molar-refractivity contribution < 1.29 is 4.74 Å². The van der Waals surface area contributed by atoms with Gasteiger partial charge in [-0.2, -0.15) is 0 Å². The van der Waals surface area contributed by atoms with Gasteiger partial charge in [0.2, 0.25) is 0 Å². The molecular formula is C18H28ClNO. The third-order valence-electron chi connectivity index (χ3n) is 5.02. The number of benzene rings is 1. The molecule has 0 bridgehead atoms. The summed E-state index contributed by atoms with van der Waals surface area (Å²) in [7, 11) is 3.88. The molecule has 21 heavy (non-hydrogen) atoms. The van der Waals surface area contributed by atoms with Crippen molar-refractivity contribution in [2.75, 3.05) is 20.8 Å². The predicted molar refractivity (Wildman–Crippen MR) is 90.1 cm³/mol. The van der Waals surface area contributed by atoms with Gasteiger partial charge in [0.1, 0.15) is 0 Å². The highest BCUT2D eigenvalue weighted by Gasteiger charge is 2.42. The minimum absolute atomic E-state index is 0.251. The summed E-state index contributed by atoms with van der Waals surface area (Å²) in [6, 6.07) is 8.99. The first-order chi connectivity index (χ1) is 10.1. The molecule has 2 nitrogen and oxygen atoms in total. The van der Waals surface area contributed by atoms with Crippen LogP contribution in [0, 0.1) is 5.92 Å². The highest BCUT2D eigenvalue weighted by atomic mass is 35.5. The van der Waals surface area contributed by atoms with Gasteiger partial charge in [-0.05, 0) is 49.9 Å². The molecule has 1 fully saturated rings. The largest absolute Gasteiger partial charge is 0.384 e. The Hall–Kier alpha value is -0.570. The van der Waals surface area contributed by atoms with E-state index in [1.807, 2.05) is 12.1 Å². The molecule has 0 saturated heterocycles. The van der Waals surface area contributed by atoms with E-state index in [0.717, 1.165) is 18.1 Å². The van der Waals surface area contributed by atoms with Crippen LogP contribution < -0.4 is 5.32 Å². The van der Waals surface area contributed by atoms with Crippen molar-refractivity contribution in [2.24, 2.45) is 5.92 Å². The molecule has 1 unspecified atom stereocenters. The molecule has 0 radical (unpaired) electrons. The van der Waals surface area contributed by atoms with E-state index in [1.165, 1.54) is 31.2 Å². The number of hydrogen-bond donors (Lipinski definition) is 1. The average molecular weight is 310 g/mol. The van der Waals surface area contributed by atoms with E-state index in [-0.39, 0.29) is 5.41 Å². The van der Waals surface area contributed by atoms with E-state index < -0.39 is 0 Å². The zero-order valence-corrected chi connectivity index (χ0v) is 14.2. The van der Waals surface area contributed by atoms with E-state index in [0.29, 0.717) is 12.0 Å². The molecular weight excluding hydrogens is 282 g/mol. The van der Waals surface area contributed by atoms with Crippen molar-refractivity contribution >= 4 is 11.6 Å². The van der Waals surface area contributed by atoms with Crippen LogP contribution in [0.3, 0.4) is 0 Å². The van der Waals surface area contributed by atoms with Crippen LogP contribution in [0.25, 0.3) is 0 Å². The summed E-state index contributed by atoms with van der Waals surface area (Å²) in [5.41, 5.74) is 1.69. The normalized spacial score (nSPS) is 20.4. The van der Waals surface area contributed by atoms with Crippen LogP contribution in [0.5, 0.6) is 0 Å². The highest BCUT2D eigenvalue weighted by Crippen LogP contribution is 2.45. The van der Waals surface area contributed by atoms with Crippen molar-refractivity contribution in [3.8, 4) is 0 Å². The summed E-state index contributed by atoms with van der Waals surface area (Å²) >= 11 is 6.07. The first kappa shape index (κ1) is 16.8. The third-order valence-corrected chi connectivity index (χ3v) is 5.27. The van der Waals surface area contributed by atoms with Crippen molar-refractivity contribution in [1.82, 2.24) is 5.32 Å². The number of methoxy groups -OCH3 is 1. The fourth-order valence-electron chi connectivity index (χ4n) is 4.00. The Morgan fingerprint density at radius 1 is 1.24 bits per heavy atom. The van der Waals surface area contributed by atoms with Gasteiger partial charge in [0.25, 0.3) is 0 Å². The van der Waals surface area contributed by atoms with Crippen molar-refractivity contribution in [3.05, 3.63) is 34.9 Å². The monoisotopic (exact) mass is 309 g/mol. The van der Waals surface area contributed by atoms with E-state index >= 15 is 0 Å². The third kappa shape index (κ3) is 3.80. The van der Waals surface area contributed by atoms with E-state index in [9.17, 15) is 0 Å². The Kier molecular flexibility index (Phi) is 6.09. The molecule has 0 amide bonds. The number of hydrogen-bond acceptors (Lipinski definition) is 2. The summed E-state index contributed by atoms with van der Waals surface area (Å²) < 4.78 is 5.32. The summed E-state index contributed by atoms with van der Waals surface area (Å²) in [6.45, 7) is 3.10. The van der Waals surface area contributed by atoms with Gasteiger partial charge in [0.15, 0.2) is 0 Å². The second-order valence-corrected chi connectivity index (χ2v) is 6.94. The lowest BCUT2D eigenvalue weighted by Crippen LogP contribution is -2.46. The molecule has 2 rings (SSSR count). The average Bonchev–Trinajstić information content (AvgIpc) is 2.96. The zero-order valence-electron chi connectivity index (χ0n) is 13.5. The molecule has 0 aliphatic heterocycles. The quantitative estimate of drug-likeness (QED) is 0.805. The topological polar surface area (TPSA) is 21.3 Å². The van der Waals surface area contributed by atoms with Crippen LogP contribution in [0.2, 0.25) is 5.02 Å². The molecule has 1 saturated carbocycles. The summed E-state index contributed by atoms with van der Waals surface area (Å²) in [4.78, 5) is 0. The Labute approximate surface area is 134 Å². The molecule has 0 aromatic heterocycles. The van der Waals surface area contributed by atoms with Crippen LogP contribution in [0.15, 0.2) is 24.3 Å². The predicted octanol–water partition coefficient (Wildman–Crippen LogP) is 4.41. The smallest absolute Gasteiger partial charge is 0.0488 e. The summed E-state index contributed by atoms with van der Waals surface area (Å²) in [5, 5.41) is 4.42. The van der Waals surface area contributed by atoms with Gasteiger partial charge in [0.05, 0.1) is 0 Å². The fraction of sp³-hybridized carbons (Fsp3) is 0.667. The van der Waals surface area contributed by atoms with Crippen LogP contribution >= 0.6 is 11.6 Å². The zero-order chi connectivity index (χ0) is 15.3. The summed E-state index contributed by atoms with van der Waals surface area (Å²) in [6.07, 6.45) is 6.31. The first-order valence-corrected chi connectivity index (χ1v) is 8.42. The van der Waals surface area contributed by atoms with Crippen molar-refractivity contribution in [3.63, 3.8) is 0 Å². The molecule has 1 aromatic rings. The maximum atomic E-state index is 6.07. The van der Waals surface area contributed by atoms with Crippen LogP contribution in [-0.2, 0) is 10.2 Å². The molecule has 1 N–H and O–H groups in total. The van der Waals surface area contributed by atoms with Crippen LogP contribution in [0.1, 0.15) is 44.6 Å². The minimum Gasteiger partial charge on any atom is -0.384 e. The molecule has 0 heterocycles. The number of ether oxygens (including phenoxy) is 1. The fourth-order valence-corrected chi connectivity index (χ4v) is 4.13. The van der Waals surface area contributed by atoms with Gasteiger partial charge in [-0.3, -0.25) is 0 Å². The number of rotatable bonds is 7. The minimum atomic E-state index is 0.251. The number of halogens is 1. The number of nitrogens with one attached hydrogen (secondary N) is 1. The Morgan fingerprint density at radius 3 is 2.38 bits per heavy atom. The van der Waals surface area contributed by atoms with Gasteiger partial charge in [-0.15, -0.1) is 0 Å². The van der Waals surface area contributed by atoms with Crippen LogP contribution in [0.4, 0.5) is 0 Å². The molecule has 1 aliphatic carbocycles. The second kappa shape index (κ2) is 7.62. The van der Waals surface area contributed by atoms with E-state index in [2.05, 4.69) is 31.4 Å². The molecule has 2 atom stereocenters. The SMILES string of the molecule is CNC(C[C@@H](C)COC)C1(c2ccc(Cl)cc2)CCCC1. The second-order valence-electron chi connectivity index (χ2n) is 6.51. The van der Waals surface area contributed by atoms with Gasteiger partial charge < -0.3 is 10.1 Å². The lowest BCUT2D eigenvalue weighted by molar-refractivity contribution is 0.139. The van der Waals surface area contributed by atoms with Crippen molar-refractivity contribution in [1.29, 1.82) is 0 Å². The lowest BCUT2D eigenvalue weighted by Gasteiger charge is -2.39. The van der Waals surface area contributed by atoms with Gasteiger partial charge >= 0.3 is 0 Å². The van der Waals surface area contributed by atoms with Gasteiger partial charge in [-0.1, -0.05) is 43.5 Å². The van der Waals surface area contributed by atoms with Crippen molar-refractivity contribution in [2.45, 2.75) is 50.5 Å².